The van der Waals surface area contributed by atoms with Gasteiger partial charge in [0.05, 0.1) is 6.10 Å². The first-order valence-electron chi connectivity index (χ1n) is 5.17. The Bertz CT molecular complexity index is 317. The second-order valence-electron chi connectivity index (χ2n) is 4.05. The third kappa shape index (κ3) is 1.88. The molecule has 0 radical (unpaired) electrons. The van der Waals surface area contributed by atoms with Crippen molar-refractivity contribution in [2.45, 2.75) is 24.7 Å². The van der Waals surface area contributed by atoms with E-state index in [0.717, 1.165) is 0 Å². The predicted octanol–water partition coefficient (Wildman–Crippen LogP) is -0.751. The Kier molecular flexibility index (Phi) is 3.00. The molecular formula is C11H16NO3+. The highest BCUT2D eigenvalue weighted by Gasteiger charge is 2.46. The van der Waals surface area contributed by atoms with Crippen molar-refractivity contribution < 1.29 is 19.9 Å². The molecule has 1 saturated carbocycles. The van der Waals surface area contributed by atoms with Gasteiger partial charge in [0, 0.05) is 31.1 Å². The summed E-state index contributed by atoms with van der Waals surface area (Å²) in [7, 11) is 0. The molecule has 1 fully saturated rings. The molecule has 4 atom stereocenters. The average Bonchev–Trinajstić information content (AvgIpc) is 2.57. The Balaban J connectivity index is 2.19. The average molecular weight is 210 g/mol. The van der Waals surface area contributed by atoms with Crippen LogP contribution in [0.5, 0.6) is 0 Å². The summed E-state index contributed by atoms with van der Waals surface area (Å²) in [5, 5.41) is 28.5. The topological polar surface area (TPSA) is 64.6 Å². The maximum absolute atomic E-state index is 9.83. The molecular weight excluding hydrogens is 194 g/mol. The van der Waals surface area contributed by atoms with E-state index >= 15 is 0 Å². The van der Waals surface area contributed by atoms with Crippen LogP contribution < -0.4 is 4.57 Å². The number of nitrogens with zero attached hydrogens (tertiary/aromatic N) is 1. The van der Waals surface area contributed by atoms with Crippen molar-refractivity contribution in [1.29, 1.82) is 0 Å². The zero-order valence-electron chi connectivity index (χ0n) is 8.40. The highest BCUT2D eigenvalue weighted by Crippen LogP contribution is 2.31. The summed E-state index contributed by atoms with van der Waals surface area (Å²) in [6.07, 6.45) is 2.70. The molecule has 3 N–H and O–H groups in total. The lowest BCUT2D eigenvalue weighted by Crippen LogP contribution is -2.44. The molecule has 4 nitrogen and oxygen atoms in total. The van der Waals surface area contributed by atoms with Gasteiger partial charge in [-0.25, -0.2) is 0 Å². The van der Waals surface area contributed by atoms with E-state index in [9.17, 15) is 10.2 Å². The van der Waals surface area contributed by atoms with E-state index in [2.05, 4.69) is 0 Å². The molecule has 1 aromatic rings. The predicted molar refractivity (Wildman–Crippen MR) is 52.9 cm³/mol. The van der Waals surface area contributed by atoms with Crippen molar-refractivity contribution in [3.63, 3.8) is 0 Å². The number of hydrogen-bond acceptors (Lipinski definition) is 3. The number of hydrogen-bond donors (Lipinski definition) is 3. The summed E-state index contributed by atoms with van der Waals surface area (Å²) in [6.45, 7) is -0.0812. The molecule has 0 saturated heterocycles. The third-order valence-electron chi connectivity index (χ3n) is 3.13. The summed E-state index contributed by atoms with van der Waals surface area (Å²) < 4.78 is 1.88. The Morgan fingerprint density at radius 1 is 1.07 bits per heavy atom. The van der Waals surface area contributed by atoms with Crippen molar-refractivity contribution in [1.82, 2.24) is 0 Å². The fourth-order valence-electron chi connectivity index (χ4n) is 2.21. The van der Waals surface area contributed by atoms with Crippen LogP contribution in [0.2, 0.25) is 0 Å². The molecule has 1 aliphatic rings. The van der Waals surface area contributed by atoms with Crippen LogP contribution in [0.15, 0.2) is 30.6 Å². The second kappa shape index (κ2) is 4.26. The van der Waals surface area contributed by atoms with E-state index in [0.29, 0.717) is 6.42 Å². The van der Waals surface area contributed by atoms with E-state index in [4.69, 9.17) is 5.11 Å². The normalized spacial score (nSPS) is 35.7. The maximum Gasteiger partial charge on any atom is 0.186 e. The first kappa shape index (κ1) is 10.5. The molecule has 0 aromatic carbocycles. The van der Waals surface area contributed by atoms with Crippen LogP contribution >= 0.6 is 0 Å². The highest BCUT2D eigenvalue weighted by molar-refractivity contribution is 4.90. The van der Waals surface area contributed by atoms with Gasteiger partial charge in [-0.05, 0) is 0 Å². The Morgan fingerprint density at radius 2 is 1.73 bits per heavy atom. The monoisotopic (exact) mass is 210 g/mol. The molecule has 15 heavy (non-hydrogen) atoms. The summed E-state index contributed by atoms with van der Waals surface area (Å²) in [5.41, 5.74) is 0. The van der Waals surface area contributed by atoms with E-state index in [-0.39, 0.29) is 18.6 Å². The van der Waals surface area contributed by atoms with E-state index in [1.807, 2.05) is 35.2 Å². The van der Waals surface area contributed by atoms with Crippen molar-refractivity contribution in [2.75, 3.05) is 6.61 Å². The van der Waals surface area contributed by atoms with Gasteiger partial charge in [0.15, 0.2) is 18.4 Å². The van der Waals surface area contributed by atoms with Crippen LogP contribution in [0.3, 0.4) is 0 Å². The van der Waals surface area contributed by atoms with Crippen molar-refractivity contribution in [3.05, 3.63) is 30.6 Å². The van der Waals surface area contributed by atoms with E-state index in [1.54, 1.807) is 0 Å². The third-order valence-corrected chi connectivity index (χ3v) is 3.13. The summed E-state index contributed by atoms with van der Waals surface area (Å²) in [4.78, 5) is 0. The molecule has 0 aliphatic heterocycles. The van der Waals surface area contributed by atoms with Crippen molar-refractivity contribution >= 4 is 0 Å². The van der Waals surface area contributed by atoms with Gasteiger partial charge < -0.3 is 15.3 Å². The molecule has 0 amide bonds. The summed E-state index contributed by atoms with van der Waals surface area (Å²) in [5.74, 6) is -0.224. The molecule has 82 valence electrons. The van der Waals surface area contributed by atoms with Crippen LogP contribution in [0, 0.1) is 5.92 Å². The standard InChI is InChI=1S/C11H16NO3/c13-7-8-6-9(11(15)10(8)14)12-4-2-1-3-5-12/h1-5,8-11,13-15H,6-7H2/q+1/t8-,9-,10-,11+/m1/s1. The first-order valence-corrected chi connectivity index (χ1v) is 5.17. The van der Waals surface area contributed by atoms with Crippen molar-refractivity contribution in [2.24, 2.45) is 5.92 Å². The van der Waals surface area contributed by atoms with Gasteiger partial charge >= 0.3 is 0 Å². The fraction of sp³-hybridized carbons (Fsp3) is 0.545. The molecule has 0 unspecified atom stereocenters. The molecule has 2 rings (SSSR count). The Morgan fingerprint density at radius 3 is 2.27 bits per heavy atom. The highest BCUT2D eigenvalue weighted by atomic mass is 16.3. The molecule has 0 spiro atoms. The van der Waals surface area contributed by atoms with Gasteiger partial charge in [-0.1, -0.05) is 6.07 Å². The van der Waals surface area contributed by atoms with E-state index in [1.165, 1.54) is 0 Å². The maximum atomic E-state index is 9.83. The number of pyridine rings is 1. The van der Waals surface area contributed by atoms with Gasteiger partial charge in [0.2, 0.25) is 0 Å². The minimum Gasteiger partial charge on any atom is -0.396 e. The summed E-state index contributed by atoms with van der Waals surface area (Å²) >= 11 is 0. The van der Waals surface area contributed by atoms with Gasteiger partial charge in [-0.3, -0.25) is 0 Å². The molecule has 1 aromatic heterocycles. The molecule has 4 heteroatoms. The number of rotatable bonds is 2. The fourth-order valence-corrected chi connectivity index (χ4v) is 2.21. The second-order valence-corrected chi connectivity index (χ2v) is 4.05. The van der Waals surface area contributed by atoms with Crippen LogP contribution in [-0.4, -0.2) is 34.1 Å². The van der Waals surface area contributed by atoms with Crippen LogP contribution in [0.4, 0.5) is 0 Å². The lowest BCUT2D eigenvalue weighted by atomic mass is 10.1. The van der Waals surface area contributed by atoms with Gasteiger partial charge in [0.25, 0.3) is 0 Å². The minimum absolute atomic E-state index is 0.0812. The number of aliphatic hydroxyl groups excluding tert-OH is 3. The number of aromatic nitrogens is 1. The molecule has 0 bridgehead atoms. The molecule has 1 aliphatic carbocycles. The van der Waals surface area contributed by atoms with Gasteiger partial charge in [-0.2, -0.15) is 4.57 Å². The summed E-state index contributed by atoms with van der Waals surface area (Å²) in [6, 6.07) is 5.52. The van der Waals surface area contributed by atoms with Gasteiger partial charge in [0.1, 0.15) is 6.10 Å². The largest absolute Gasteiger partial charge is 0.396 e. The Labute approximate surface area is 88.4 Å². The van der Waals surface area contributed by atoms with Crippen LogP contribution in [0.25, 0.3) is 0 Å². The SMILES string of the molecule is OC[C@H]1C[C@@H]([n+]2ccccc2)[C@H](O)[C@@H]1O. The van der Waals surface area contributed by atoms with Crippen LogP contribution in [-0.2, 0) is 0 Å². The smallest absolute Gasteiger partial charge is 0.186 e. The van der Waals surface area contributed by atoms with Crippen LogP contribution in [0.1, 0.15) is 12.5 Å². The van der Waals surface area contributed by atoms with E-state index < -0.39 is 12.2 Å². The zero-order valence-corrected chi connectivity index (χ0v) is 8.40. The minimum atomic E-state index is -0.826. The molecule has 1 heterocycles. The quantitative estimate of drug-likeness (QED) is 0.563. The lowest BCUT2D eigenvalue weighted by Gasteiger charge is -2.12. The van der Waals surface area contributed by atoms with Gasteiger partial charge in [-0.15, -0.1) is 0 Å². The Hall–Kier alpha value is -0.970. The zero-order chi connectivity index (χ0) is 10.8. The van der Waals surface area contributed by atoms with Crippen molar-refractivity contribution in [3.8, 4) is 0 Å². The number of aliphatic hydroxyl groups is 3. The lowest BCUT2D eigenvalue weighted by molar-refractivity contribution is -0.728. The first-order chi connectivity index (χ1) is 7.24.